The molecule has 4 rings (SSSR count). The summed E-state index contributed by atoms with van der Waals surface area (Å²) in [6.45, 7) is 1.40. The van der Waals surface area contributed by atoms with E-state index < -0.39 is 0 Å². The summed E-state index contributed by atoms with van der Waals surface area (Å²) in [4.78, 5) is 16.2. The Morgan fingerprint density at radius 3 is 1.37 bits per heavy atom. The minimum absolute atomic E-state index is 0.198. The van der Waals surface area contributed by atoms with Crippen LogP contribution in [0, 0.1) is 0 Å². The van der Waals surface area contributed by atoms with Gasteiger partial charge in [-0.25, -0.2) is 0 Å². The molecule has 0 spiro atoms. The van der Waals surface area contributed by atoms with Crippen molar-refractivity contribution in [2.75, 3.05) is 0 Å². The largest absolute Gasteiger partial charge is 0.327 e. The number of rotatable bonds is 12. The van der Waals surface area contributed by atoms with Gasteiger partial charge in [-0.05, 0) is 35.1 Å². The molecule has 3 nitrogen and oxygen atoms in total. The molecule has 0 aromatic heterocycles. The van der Waals surface area contributed by atoms with Gasteiger partial charge in [0.2, 0.25) is 0 Å². The standard InChI is InChI=1S/C32H34N2O/c33-30(21-26-13-5-1-6-14-26)23-32(35)31(22-27-15-7-2-8-16-27)34(24-28-17-9-3-10-18-28)25-29-19-11-4-12-20-29/h1-20,30-31H,21-25,33H2/t30?,31-/m0/s1. The summed E-state index contributed by atoms with van der Waals surface area (Å²) in [6.07, 6.45) is 1.71. The summed E-state index contributed by atoms with van der Waals surface area (Å²) < 4.78 is 0. The fourth-order valence-electron chi connectivity index (χ4n) is 4.58. The highest BCUT2D eigenvalue weighted by molar-refractivity contribution is 5.85. The molecule has 0 saturated carbocycles. The zero-order valence-corrected chi connectivity index (χ0v) is 20.2. The Morgan fingerprint density at radius 2 is 0.943 bits per heavy atom. The predicted octanol–water partition coefficient (Wildman–Crippen LogP) is 5.83. The molecule has 0 radical (unpaired) electrons. The van der Waals surface area contributed by atoms with Gasteiger partial charge in [-0.15, -0.1) is 0 Å². The van der Waals surface area contributed by atoms with E-state index in [9.17, 15) is 4.79 Å². The Kier molecular flexibility index (Phi) is 8.99. The van der Waals surface area contributed by atoms with E-state index in [0.717, 1.165) is 11.1 Å². The highest BCUT2D eigenvalue weighted by Crippen LogP contribution is 2.20. The van der Waals surface area contributed by atoms with E-state index in [4.69, 9.17) is 5.73 Å². The lowest BCUT2D eigenvalue weighted by Crippen LogP contribution is -2.44. The van der Waals surface area contributed by atoms with Crippen molar-refractivity contribution in [3.05, 3.63) is 144 Å². The van der Waals surface area contributed by atoms with Crippen molar-refractivity contribution in [2.45, 2.75) is 44.4 Å². The number of carbonyl (C=O) groups excluding carboxylic acids is 1. The van der Waals surface area contributed by atoms with Crippen molar-refractivity contribution in [3.63, 3.8) is 0 Å². The fraction of sp³-hybridized carbons (Fsp3) is 0.219. The van der Waals surface area contributed by atoms with Crippen LogP contribution >= 0.6 is 0 Å². The van der Waals surface area contributed by atoms with Crippen LogP contribution in [0.3, 0.4) is 0 Å². The van der Waals surface area contributed by atoms with Crippen LogP contribution in [-0.2, 0) is 30.7 Å². The lowest BCUT2D eigenvalue weighted by Gasteiger charge is -2.32. The van der Waals surface area contributed by atoms with E-state index >= 15 is 0 Å². The molecule has 0 heterocycles. The van der Waals surface area contributed by atoms with E-state index in [1.165, 1.54) is 11.1 Å². The molecule has 4 aromatic rings. The molecule has 0 aliphatic rings. The van der Waals surface area contributed by atoms with Crippen molar-refractivity contribution >= 4 is 5.78 Å². The molecule has 4 aromatic carbocycles. The lowest BCUT2D eigenvalue weighted by atomic mass is 9.93. The molecule has 0 saturated heterocycles. The third kappa shape index (κ3) is 7.74. The topological polar surface area (TPSA) is 46.3 Å². The zero-order chi connectivity index (χ0) is 24.3. The third-order valence-corrected chi connectivity index (χ3v) is 6.35. The van der Waals surface area contributed by atoms with Crippen LogP contribution in [0.5, 0.6) is 0 Å². The van der Waals surface area contributed by atoms with Crippen molar-refractivity contribution in [1.29, 1.82) is 0 Å². The smallest absolute Gasteiger partial charge is 0.151 e. The van der Waals surface area contributed by atoms with Gasteiger partial charge < -0.3 is 5.73 Å². The summed E-state index contributed by atoms with van der Waals surface area (Å²) >= 11 is 0. The van der Waals surface area contributed by atoms with Gasteiger partial charge in [-0.1, -0.05) is 121 Å². The Labute approximate surface area is 209 Å². The monoisotopic (exact) mass is 462 g/mol. The number of nitrogens with two attached hydrogens (primary N) is 1. The average molecular weight is 463 g/mol. The van der Waals surface area contributed by atoms with Crippen molar-refractivity contribution in [3.8, 4) is 0 Å². The van der Waals surface area contributed by atoms with Crippen LogP contribution in [0.1, 0.15) is 28.7 Å². The van der Waals surface area contributed by atoms with Crippen LogP contribution in [0.15, 0.2) is 121 Å². The highest BCUT2D eigenvalue weighted by Gasteiger charge is 2.28. The second-order valence-corrected chi connectivity index (χ2v) is 9.20. The Morgan fingerprint density at radius 1 is 0.571 bits per heavy atom. The van der Waals surface area contributed by atoms with Crippen LogP contribution in [0.4, 0.5) is 0 Å². The normalized spacial score (nSPS) is 12.9. The molecular formula is C32H34N2O. The lowest BCUT2D eigenvalue weighted by molar-refractivity contribution is -0.125. The van der Waals surface area contributed by atoms with Crippen molar-refractivity contribution in [2.24, 2.45) is 5.73 Å². The molecule has 3 heteroatoms. The van der Waals surface area contributed by atoms with Gasteiger partial charge in [0.05, 0.1) is 6.04 Å². The minimum Gasteiger partial charge on any atom is -0.327 e. The second-order valence-electron chi connectivity index (χ2n) is 9.20. The Bertz CT molecular complexity index is 1110. The zero-order valence-electron chi connectivity index (χ0n) is 20.2. The third-order valence-electron chi connectivity index (χ3n) is 6.35. The first-order valence-corrected chi connectivity index (χ1v) is 12.4. The molecule has 178 valence electrons. The van der Waals surface area contributed by atoms with Crippen molar-refractivity contribution in [1.82, 2.24) is 4.90 Å². The van der Waals surface area contributed by atoms with E-state index in [1.54, 1.807) is 0 Å². The van der Waals surface area contributed by atoms with Gasteiger partial charge in [0, 0.05) is 25.6 Å². The first-order valence-electron chi connectivity index (χ1n) is 12.4. The number of ketones is 1. The molecule has 0 fully saturated rings. The Balaban J connectivity index is 1.59. The average Bonchev–Trinajstić information content (AvgIpc) is 2.89. The number of carbonyl (C=O) groups is 1. The number of nitrogens with zero attached hydrogens (tertiary/aromatic N) is 1. The first-order chi connectivity index (χ1) is 17.2. The summed E-state index contributed by atoms with van der Waals surface area (Å²) in [5.41, 5.74) is 11.2. The summed E-state index contributed by atoms with van der Waals surface area (Å²) in [5.74, 6) is 0.198. The van der Waals surface area contributed by atoms with Crippen molar-refractivity contribution < 1.29 is 4.79 Å². The molecule has 0 aliphatic carbocycles. The van der Waals surface area contributed by atoms with Gasteiger partial charge in [0.1, 0.15) is 0 Å². The predicted molar refractivity (Wildman–Crippen MR) is 144 cm³/mol. The molecule has 0 bridgehead atoms. The van der Waals surface area contributed by atoms with Crippen LogP contribution < -0.4 is 5.73 Å². The van der Waals surface area contributed by atoms with E-state index in [2.05, 4.69) is 77.7 Å². The van der Waals surface area contributed by atoms with Gasteiger partial charge in [0.15, 0.2) is 5.78 Å². The van der Waals surface area contributed by atoms with Gasteiger partial charge in [-0.3, -0.25) is 9.69 Å². The summed E-state index contributed by atoms with van der Waals surface area (Å²) in [6, 6.07) is 40.8. The van der Waals surface area contributed by atoms with Gasteiger partial charge >= 0.3 is 0 Å². The number of benzene rings is 4. The summed E-state index contributed by atoms with van der Waals surface area (Å²) in [5, 5.41) is 0. The molecule has 2 atom stereocenters. The molecular weight excluding hydrogens is 428 g/mol. The van der Waals surface area contributed by atoms with Crippen LogP contribution in [0.2, 0.25) is 0 Å². The maximum atomic E-state index is 13.8. The SMILES string of the molecule is NC(CC(=O)[C@H](Cc1ccccc1)N(Cc1ccccc1)Cc1ccccc1)Cc1ccccc1. The minimum atomic E-state index is -0.264. The quantitative estimate of drug-likeness (QED) is 0.288. The van der Waals surface area contributed by atoms with Gasteiger partial charge in [-0.2, -0.15) is 0 Å². The van der Waals surface area contributed by atoms with E-state index in [1.807, 2.05) is 48.5 Å². The highest BCUT2D eigenvalue weighted by atomic mass is 16.1. The van der Waals surface area contributed by atoms with Crippen LogP contribution in [-0.4, -0.2) is 22.8 Å². The molecule has 1 unspecified atom stereocenters. The molecule has 0 amide bonds. The van der Waals surface area contributed by atoms with Gasteiger partial charge in [0.25, 0.3) is 0 Å². The van der Waals surface area contributed by atoms with Crippen LogP contribution in [0.25, 0.3) is 0 Å². The second kappa shape index (κ2) is 12.8. The molecule has 0 aliphatic heterocycles. The fourth-order valence-corrected chi connectivity index (χ4v) is 4.58. The molecule has 2 N–H and O–H groups in total. The summed E-state index contributed by atoms with van der Waals surface area (Å²) in [7, 11) is 0. The maximum absolute atomic E-state index is 13.8. The maximum Gasteiger partial charge on any atom is 0.151 e. The number of Topliss-reactive ketones (excluding diaryl/α,β-unsaturated/α-hetero) is 1. The Hall–Kier alpha value is -3.53. The van der Waals surface area contributed by atoms with E-state index in [0.29, 0.717) is 32.4 Å². The number of hydrogen-bond donors (Lipinski definition) is 1. The molecule has 35 heavy (non-hydrogen) atoms. The van der Waals surface area contributed by atoms with E-state index in [-0.39, 0.29) is 17.9 Å². The number of hydrogen-bond acceptors (Lipinski definition) is 3. The first kappa shape index (κ1) is 24.6.